The summed E-state index contributed by atoms with van der Waals surface area (Å²) < 4.78 is 19.9. The highest BCUT2D eigenvalue weighted by molar-refractivity contribution is 6.11. The van der Waals surface area contributed by atoms with Gasteiger partial charge in [-0.05, 0) is 58.4 Å². The number of hydrogen-bond donors (Lipinski definition) is 2. The Kier molecular flexibility index (Phi) is 5.67. The fraction of sp³-hybridized carbons (Fsp3) is 0.296. The molecule has 7 nitrogen and oxygen atoms in total. The minimum absolute atomic E-state index is 0.00453. The molecule has 2 aromatic heterocycles. The van der Waals surface area contributed by atoms with E-state index < -0.39 is 0 Å². The molecule has 0 saturated heterocycles. The lowest BCUT2D eigenvalue weighted by atomic mass is 9.89. The summed E-state index contributed by atoms with van der Waals surface area (Å²) in [6, 6.07) is 4.12. The summed E-state index contributed by atoms with van der Waals surface area (Å²) in [5, 5.41) is 9.22. The van der Waals surface area contributed by atoms with Crippen LogP contribution in [0.3, 0.4) is 0 Å². The molecular weight excluding hydrogens is 445 g/mol. The second-order valence-corrected chi connectivity index (χ2v) is 9.02. The fourth-order valence-corrected chi connectivity index (χ4v) is 4.98. The van der Waals surface area contributed by atoms with Crippen LogP contribution in [0.2, 0.25) is 0 Å². The van der Waals surface area contributed by atoms with Crippen LogP contribution in [0.25, 0.3) is 27.5 Å². The van der Waals surface area contributed by atoms with Gasteiger partial charge in [0.25, 0.3) is 0 Å². The standard InChI is InChI=1S/C27H28FN5O2/c1-13-10-18(28)8-7-9-19(14(2)29-13)26-25-20-12-23(34-6)21(24-15(3)33-35-16(24)4)11-22(20)32-27(25)31-17(5)30-26/h7-8,10-12,16,24,29H,1,9H2,2-6H3,(H,30,31,32)/b8-7-,18-10+,19-14+/t16?,24-/m0/s1. The van der Waals surface area contributed by atoms with Gasteiger partial charge in [-0.2, -0.15) is 0 Å². The van der Waals surface area contributed by atoms with Gasteiger partial charge >= 0.3 is 0 Å². The summed E-state index contributed by atoms with van der Waals surface area (Å²) in [6.45, 7) is 11.7. The van der Waals surface area contributed by atoms with E-state index in [1.54, 1.807) is 13.2 Å². The number of allylic oxidation sites excluding steroid dienone is 6. The number of oxime groups is 1. The van der Waals surface area contributed by atoms with Crippen molar-refractivity contribution in [3.05, 3.63) is 71.2 Å². The van der Waals surface area contributed by atoms with E-state index in [0.29, 0.717) is 17.9 Å². The predicted octanol–water partition coefficient (Wildman–Crippen LogP) is 5.95. The van der Waals surface area contributed by atoms with Crippen molar-refractivity contribution >= 4 is 33.2 Å². The molecule has 2 atom stereocenters. The van der Waals surface area contributed by atoms with Gasteiger partial charge in [0, 0.05) is 33.4 Å². The number of aromatic nitrogens is 3. The third kappa shape index (κ3) is 3.99. The number of H-pyrrole nitrogens is 1. The third-order valence-corrected chi connectivity index (χ3v) is 6.53. The van der Waals surface area contributed by atoms with Gasteiger partial charge in [-0.1, -0.05) is 17.8 Å². The summed E-state index contributed by atoms with van der Waals surface area (Å²) in [4.78, 5) is 18.5. The molecule has 0 amide bonds. The van der Waals surface area contributed by atoms with Crippen molar-refractivity contribution < 1.29 is 14.0 Å². The molecule has 35 heavy (non-hydrogen) atoms. The summed E-state index contributed by atoms with van der Waals surface area (Å²) in [5.41, 5.74) is 6.62. The zero-order valence-corrected chi connectivity index (χ0v) is 20.5. The summed E-state index contributed by atoms with van der Waals surface area (Å²) >= 11 is 0. The van der Waals surface area contributed by atoms with Crippen LogP contribution >= 0.6 is 0 Å². The normalized spacial score (nSPS) is 25.3. The number of hydrogen-bond acceptors (Lipinski definition) is 6. The second-order valence-electron chi connectivity index (χ2n) is 9.02. The van der Waals surface area contributed by atoms with Gasteiger partial charge < -0.3 is 19.9 Å². The first-order valence-corrected chi connectivity index (χ1v) is 11.5. The van der Waals surface area contributed by atoms with Gasteiger partial charge in [0.05, 0.1) is 29.8 Å². The first kappa shape index (κ1) is 22.8. The highest BCUT2D eigenvalue weighted by atomic mass is 19.1. The lowest BCUT2D eigenvalue weighted by molar-refractivity contribution is 0.0900. The first-order valence-electron chi connectivity index (χ1n) is 11.5. The van der Waals surface area contributed by atoms with Gasteiger partial charge in [-0.15, -0.1) is 0 Å². The number of halogens is 1. The maximum absolute atomic E-state index is 14.1. The topological polar surface area (TPSA) is 84.4 Å². The Labute approximate surface area is 203 Å². The van der Waals surface area contributed by atoms with Crippen LogP contribution in [-0.2, 0) is 4.84 Å². The minimum Gasteiger partial charge on any atom is -0.496 e. The number of nitrogens with one attached hydrogen (secondary N) is 2. The Balaban J connectivity index is 1.76. The molecule has 0 radical (unpaired) electrons. The van der Waals surface area contributed by atoms with Crippen LogP contribution in [0.4, 0.5) is 4.39 Å². The number of benzene rings is 1. The molecule has 180 valence electrons. The molecule has 3 aromatic rings. The SMILES string of the molecule is C=C1/C=C(F)\C=C/C/C(c2nc(C)nc3[nH]c4cc([C@H]5C(C)=NOC5C)c(OC)cc4c23)=C(/C)N1. The van der Waals surface area contributed by atoms with E-state index in [2.05, 4.69) is 33.1 Å². The molecule has 2 aliphatic rings. The maximum Gasteiger partial charge on any atom is 0.142 e. The Morgan fingerprint density at radius 2 is 2.00 bits per heavy atom. The maximum atomic E-state index is 14.1. The van der Waals surface area contributed by atoms with E-state index in [0.717, 1.165) is 55.9 Å². The Hall–Kier alpha value is -3.94. The molecule has 1 aromatic carbocycles. The van der Waals surface area contributed by atoms with Crippen molar-refractivity contribution in [2.75, 3.05) is 7.11 Å². The summed E-state index contributed by atoms with van der Waals surface area (Å²) in [5.74, 6) is 1.03. The smallest absolute Gasteiger partial charge is 0.142 e. The highest BCUT2D eigenvalue weighted by Gasteiger charge is 2.32. The fourth-order valence-electron chi connectivity index (χ4n) is 4.98. The van der Waals surface area contributed by atoms with Crippen LogP contribution in [-0.4, -0.2) is 33.9 Å². The van der Waals surface area contributed by atoms with Crippen molar-refractivity contribution in [1.29, 1.82) is 0 Å². The molecule has 0 bridgehead atoms. The zero-order valence-electron chi connectivity index (χ0n) is 20.5. The van der Waals surface area contributed by atoms with Crippen molar-refractivity contribution in [1.82, 2.24) is 20.3 Å². The molecule has 1 unspecified atom stereocenters. The second kappa shape index (κ2) is 8.69. The molecule has 8 heteroatoms. The molecule has 2 N–H and O–H groups in total. The van der Waals surface area contributed by atoms with E-state index in [-0.39, 0.29) is 17.8 Å². The number of aryl methyl sites for hydroxylation is 1. The van der Waals surface area contributed by atoms with E-state index >= 15 is 0 Å². The molecule has 0 saturated carbocycles. The number of fused-ring (bicyclic) bond motifs is 3. The molecule has 4 heterocycles. The van der Waals surface area contributed by atoms with Gasteiger partial charge in [0.2, 0.25) is 0 Å². The average Bonchev–Trinajstić information content (AvgIpc) is 3.33. The number of aromatic amines is 1. The van der Waals surface area contributed by atoms with Gasteiger partial charge in [0.1, 0.15) is 29.2 Å². The van der Waals surface area contributed by atoms with Crippen LogP contribution < -0.4 is 10.1 Å². The van der Waals surface area contributed by atoms with Crippen molar-refractivity contribution in [2.24, 2.45) is 5.16 Å². The highest BCUT2D eigenvalue weighted by Crippen LogP contribution is 2.41. The van der Waals surface area contributed by atoms with Gasteiger partial charge in [0.15, 0.2) is 0 Å². The number of rotatable bonds is 3. The molecule has 2 aliphatic heterocycles. The number of ether oxygens (including phenoxy) is 1. The largest absolute Gasteiger partial charge is 0.496 e. The number of nitrogens with zero attached hydrogens (tertiary/aromatic N) is 3. The van der Waals surface area contributed by atoms with Gasteiger partial charge in [-0.25, -0.2) is 14.4 Å². The van der Waals surface area contributed by atoms with Crippen molar-refractivity contribution in [2.45, 2.75) is 46.1 Å². The molecule has 0 fully saturated rings. The monoisotopic (exact) mass is 473 g/mol. The quantitative estimate of drug-likeness (QED) is 0.491. The van der Waals surface area contributed by atoms with Crippen LogP contribution in [0, 0.1) is 6.92 Å². The summed E-state index contributed by atoms with van der Waals surface area (Å²) in [6.07, 6.45) is 5.03. The zero-order chi connectivity index (χ0) is 24.9. The Morgan fingerprint density at radius 3 is 2.71 bits per heavy atom. The lowest BCUT2D eigenvalue weighted by Gasteiger charge is -2.18. The predicted molar refractivity (Wildman–Crippen MR) is 137 cm³/mol. The molecular formula is C27H28FN5O2. The lowest BCUT2D eigenvalue weighted by Crippen LogP contribution is -2.17. The van der Waals surface area contributed by atoms with Crippen LogP contribution in [0.15, 0.2) is 59.3 Å². The average molecular weight is 474 g/mol. The van der Waals surface area contributed by atoms with E-state index in [1.807, 2.05) is 33.8 Å². The van der Waals surface area contributed by atoms with Crippen LogP contribution in [0.1, 0.15) is 50.2 Å². The van der Waals surface area contributed by atoms with Crippen molar-refractivity contribution in [3.63, 3.8) is 0 Å². The van der Waals surface area contributed by atoms with Crippen molar-refractivity contribution in [3.8, 4) is 5.75 Å². The van der Waals surface area contributed by atoms with Crippen LogP contribution in [0.5, 0.6) is 5.75 Å². The van der Waals surface area contributed by atoms with E-state index in [4.69, 9.17) is 14.6 Å². The minimum atomic E-state index is -0.353. The number of methoxy groups -OCH3 is 1. The van der Waals surface area contributed by atoms with E-state index in [9.17, 15) is 4.39 Å². The molecule has 0 aliphatic carbocycles. The van der Waals surface area contributed by atoms with E-state index in [1.165, 1.54) is 12.2 Å². The van der Waals surface area contributed by atoms with Gasteiger partial charge in [-0.3, -0.25) is 0 Å². The summed E-state index contributed by atoms with van der Waals surface area (Å²) in [7, 11) is 1.67. The molecule has 5 rings (SSSR count). The third-order valence-electron chi connectivity index (χ3n) is 6.53. The molecule has 0 spiro atoms. The Bertz CT molecular complexity index is 1490. The first-order chi connectivity index (χ1) is 16.8. The Morgan fingerprint density at radius 1 is 1.20 bits per heavy atom.